The second-order valence-corrected chi connectivity index (χ2v) is 3.22. The van der Waals surface area contributed by atoms with Gasteiger partial charge in [0, 0.05) is 9.68 Å². The van der Waals surface area contributed by atoms with E-state index in [4.69, 9.17) is 8.85 Å². The topological polar surface area (TPSA) is 22.1 Å². The average molecular weight is 198 g/mol. The van der Waals surface area contributed by atoms with Crippen molar-refractivity contribution < 1.29 is 13.2 Å². The Balaban J connectivity index is 2.56. The van der Waals surface area contributed by atoms with Crippen LogP contribution in [0.4, 0.5) is 4.39 Å². The molecule has 1 aromatic heterocycles. The van der Waals surface area contributed by atoms with E-state index in [1.54, 1.807) is 0 Å². The number of hydrogen-bond donors (Lipinski definition) is 0. The normalized spacial score (nSPS) is 33.1. The van der Waals surface area contributed by atoms with Gasteiger partial charge in [-0.25, -0.2) is 9.37 Å². The number of halogens is 1. The van der Waals surface area contributed by atoms with Crippen LogP contribution in [0.25, 0.3) is 0 Å². The summed E-state index contributed by atoms with van der Waals surface area (Å²) in [5, 5.41) is 0. The molecule has 1 aliphatic rings. The molecule has 0 N–H and O–H groups in total. The molecule has 0 amide bonds. The van der Waals surface area contributed by atoms with Crippen LogP contribution in [-0.2, 0) is 0 Å². The summed E-state index contributed by atoms with van der Waals surface area (Å²) in [4.78, 5) is 3.77. The van der Waals surface area contributed by atoms with Gasteiger partial charge in [0.1, 0.15) is 5.82 Å². The predicted octanol–water partition coefficient (Wildman–Crippen LogP) is 2.89. The number of pyridine rings is 1. The van der Waals surface area contributed by atoms with E-state index in [0.29, 0.717) is 19.3 Å². The van der Waals surface area contributed by atoms with Gasteiger partial charge >= 0.3 is 0 Å². The second kappa shape index (κ2) is 3.95. The molecule has 0 bridgehead atoms. The van der Waals surface area contributed by atoms with Gasteiger partial charge in [-0.2, -0.15) is 0 Å². The molecule has 0 spiro atoms. The van der Waals surface area contributed by atoms with Crippen molar-refractivity contribution in [2.24, 2.45) is 0 Å². The maximum absolute atomic E-state index is 13.2. The third kappa shape index (κ3) is 1.72. The highest BCUT2D eigenvalue weighted by Gasteiger charge is 2.21. The maximum atomic E-state index is 13.2. The van der Waals surface area contributed by atoms with Crippen LogP contribution >= 0.6 is 0 Å². The average Bonchev–Trinajstić information content (AvgIpc) is 2.54. The molecule has 1 atom stereocenters. The van der Waals surface area contributed by atoms with Crippen molar-refractivity contribution in [3.05, 3.63) is 23.6 Å². The third-order valence-electron chi connectivity index (χ3n) is 2.28. The Morgan fingerprint density at radius 1 is 1.71 bits per heavy atom. The van der Waals surface area contributed by atoms with Gasteiger partial charge in [0.2, 0.25) is 5.88 Å². The van der Waals surface area contributed by atoms with Gasteiger partial charge in [0.05, 0.1) is 13.3 Å². The minimum atomic E-state index is -1.68. The fraction of sp³-hybridized carbons (Fsp3) is 0.545. The van der Waals surface area contributed by atoms with Crippen LogP contribution in [0.2, 0.25) is 0 Å². The van der Waals surface area contributed by atoms with E-state index in [1.165, 1.54) is 7.11 Å². The number of aromatic nitrogens is 1. The Bertz CT molecular complexity index is 441. The second-order valence-electron chi connectivity index (χ2n) is 3.22. The monoisotopic (exact) mass is 198 g/mol. The number of ether oxygens (including phenoxy) is 1. The van der Waals surface area contributed by atoms with Gasteiger partial charge in [0.25, 0.3) is 0 Å². The van der Waals surface area contributed by atoms with Gasteiger partial charge in [-0.15, -0.1) is 0 Å². The van der Waals surface area contributed by atoms with E-state index in [1.807, 2.05) is 0 Å². The van der Waals surface area contributed by atoms with E-state index in [0.717, 1.165) is 12.3 Å². The van der Waals surface area contributed by atoms with Crippen molar-refractivity contribution in [1.29, 1.82) is 0 Å². The summed E-state index contributed by atoms with van der Waals surface area (Å²) in [6, 6.07) is 1.15. The summed E-state index contributed by atoms with van der Waals surface area (Å²) in [6.07, 6.45) is 0.583. The maximum Gasteiger partial charge on any atom is 0.216 e. The van der Waals surface area contributed by atoms with Gasteiger partial charge in [-0.1, -0.05) is 12.8 Å². The van der Waals surface area contributed by atoms with Crippen LogP contribution in [0.3, 0.4) is 0 Å². The molecular weight excluding hydrogens is 181 g/mol. The van der Waals surface area contributed by atoms with Crippen LogP contribution < -0.4 is 4.74 Å². The first kappa shape index (κ1) is 6.38. The first-order chi connectivity index (χ1) is 7.90. The zero-order valence-corrected chi connectivity index (χ0v) is 8.01. The molecule has 0 aromatic carbocycles. The molecule has 0 saturated heterocycles. The van der Waals surface area contributed by atoms with E-state index >= 15 is 0 Å². The first-order valence-electron chi connectivity index (χ1n) is 6.11. The summed E-state index contributed by atoms with van der Waals surface area (Å²) in [7, 11) is 1.39. The molecule has 1 fully saturated rings. The molecule has 1 saturated carbocycles. The SMILES string of the molecule is [2H]C1([2H])CCCC1([2H])c1cc(F)cnc1OC. The number of rotatable bonds is 2. The number of nitrogens with zero attached hydrogens (tertiary/aromatic N) is 1. The standard InChI is InChI=1S/C11H14FNO/c1-14-11-10(6-9(12)7-13-11)8-4-2-3-5-8/h6-8H,2-5H2,1H3/i4D2,8D. The first-order valence-corrected chi connectivity index (χ1v) is 4.61. The third-order valence-corrected chi connectivity index (χ3v) is 2.28. The summed E-state index contributed by atoms with van der Waals surface area (Å²) < 4.78 is 42.3. The number of methoxy groups -OCH3 is 1. The zero-order chi connectivity index (χ0) is 12.7. The van der Waals surface area contributed by atoms with Crippen LogP contribution in [-0.4, -0.2) is 12.1 Å². The minimum absolute atomic E-state index is 0.132. The lowest BCUT2D eigenvalue weighted by molar-refractivity contribution is 0.385. The van der Waals surface area contributed by atoms with Crippen molar-refractivity contribution in [2.75, 3.05) is 7.11 Å². The highest BCUT2D eigenvalue weighted by Crippen LogP contribution is 2.37. The Kier molecular flexibility index (Phi) is 1.80. The highest BCUT2D eigenvalue weighted by atomic mass is 19.1. The lowest BCUT2D eigenvalue weighted by Crippen LogP contribution is -2.00. The minimum Gasteiger partial charge on any atom is -0.481 e. The van der Waals surface area contributed by atoms with Crippen LogP contribution in [0.15, 0.2) is 12.3 Å². The van der Waals surface area contributed by atoms with Crippen molar-refractivity contribution >= 4 is 0 Å². The molecule has 1 aromatic rings. The van der Waals surface area contributed by atoms with Gasteiger partial charge in [0.15, 0.2) is 0 Å². The van der Waals surface area contributed by atoms with Crippen molar-refractivity contribution in [3.63, 3.8) is 0 Å². The molecule has 3 heteroatoms. The number of hydrogen-bond acceptors (Lipinski definition) is 2. The van der Waals surface area contributed by atoms with E-state index < -0.39 is 18.1 Å². The lowest BCUT2D eigenvalue weighted by atomic mass is 9.99. The molecule has 1 unspecified atom stereocenters. The Hall–Kier alpha value is -1.12. The van der Waals surface area contributed by atoms with Crippen molar-refractivity contribution in [1.82, 2.24) is 4.98 Å². The molecule has 76 valence electrons. The molecule has 2 nitrogen and oxygen atoms in total. The summed E-state index contributed by atoms with van der Waals surface area (Å²) in [5.74, 6) is -1.92. The van der Waals surface area contributed by atoms with Crippen LogP contribution in [0, 0.1) is 5.82 Å². The fourth-order valence-corrected chi connectivity index (χ4v) is 1.63. The molecule has 2 rings (SSSR count). The van der Waals surface area contributed by atoms with Crippen molar-refractivity contribution in [3.8, 4) is 5.88 Å². The van der Waals surface area contributed by atoms with E-state index in [9.17, 15) is 4.39 Å². The van der Waals surface area contributed by atoms with Gasteiger partial charge < -0.3 is 4.74 Å². The molecule has 14 heavy (non-hydrogen) atoms. The van der Waals surface area contributed by atoms with Crippen LogP contribution in [0.5, 0.6) is 5.88 Å². The molecule has 0 aliphatic heterocycles. The quantitative estimate of drug-likeness (QED) is 0.729. The van der Waals surface area contributed by atoms with Gasteiger partial charge in [-0.05, 0) is 24.8 Å². The predicted molar refractivity (Wildman–Crippen MR) is 52.0 cm³/mol. The molecule has 0 radical (unpaired) electrons. The smallest absolute Gasteiger partial charge is 0.216 e. The van der Waals surface area contributed by atoms with Gasteiger partial charge in [-0.3, -0.25) is 0 Å². The lowest BCUT2D eigenvalue weighted by Gasteiger charge is -2.12. The summed E-state index contributed by atoms with van der Waals surface area (Å²) in [5.41, 5.74) is 0.197. The highest BCUT2D eigenvalue weighted by molar-refractivity contribution is 5.30. The van der Waals surface area contributed by atoms with E-state index in [-0.39, 0.29) is 11.4 Å². The Labute approximate surface area is 87.3 Å². The fourth-order valence-electron chi connectivity index (χ4n) is 1.63. The van der Waals surface area contributed by atoms with E-state index in [2.05, 4.69) is 4.98 Å². The summed E-state index contributed by atoms with van der Waals surface area (Å²) >= 11 is 0. The molecular formula is C11H14FNO. The molecule has 1 heterocycles. The zero-order valence-electron chi connectivity index (χ0n) is 11.0. The Morgan fingerprint density at radius 3 is 3.21 bits per heavy atom. The van der Waals surface area contributed by atoms with Crippen molar-refractivity contribution in [2.45, 2.75) is 31.5 Å². The molecule has 1 aliphatic carbocycles. The largest absolute Gasteiger partial charge is 0.481 e. The Morgan fingerprint density at radius 2 is 2.57 bits per heavy atom. The summed E-state index contributed by atoms with van der Waals surface area (Å²) in [6.45, 7) is 0. The van der Waals surface area contributed by atoms with Crippen LogP contribution in [0.1, 0.15) is 41.2 Å².